The molecule has 0 saturated heterocycles. The summed E-state index contributed by atoms with van der Waals surface area (Å²) >= 11 is 0. The molecule has 0 aliphatic rings. The van der Waals surface area contributed by atoms with Gasteiger partial charge in [0.25, 0.3) is 11.8 Å². The summed E-state index contributed by atoms with van der Waals surface area (Å²) in [6, 6.07) is 12.3. The van der Waals surface area contributed by atoms with Crippen molar-refractivity contribution in [2.45, 2.75) is 57.5 Å². The zero-order valence-electron chi connectivity index (χ0n) is 18.2. The minimum absolute atomic E-state index is 0.0685. The fourth-order valence-electron chi connectivity index (χ4n) is 2.64. The van der Waals surface area contributed by atoms with E-state index in [2.05, 4.69) is 15.4 Å². The van der Waals surface area contributed by atoms with E-state index < -0.39 is 27.0 Å². The van der Waals surface area contributed by atoms with Crippen LogP contribution in [0.3, 0.4) is 0 Å². The Kier molecular flexibility index (Phi) is 6.73. The molecule has 0 aromatic heterocycles. The zero-order chi connectivity index (χ0) is 22.7. The molecule has 2 aromatic rings. The Morgan fingerprint density at radius 1 is 0.767 bits per heavy atom. The Bertz CT molecular complexity index is 1030. The summed E-state index contributed by atoms with van der Waals surface area (Å²) in [6.07, 6.45) is 0. The number of sulfonamides is 1. The normalized spacial score (nSPS) is 12.3. The predicted octanol–water partition coefficient (Wildman–Crippen LogP) is 3.54. The van der Waals surface area contributed by atoms with Gasteiger partial charge in [-0.05, 0) is 77.9 Å². The highest BCUT2D eigenvalue weighted by Crippen LogP contribution is 2.19. The molecule has 2 rings (SSSR count). The standard InChI is InChI=1S/C22H29N3O4S/c1-21(2,3)24-20(27)17-9-7-8-10-18(17)23-19(26)15-11-13-16(14-12-15)30(28,29)25-22(4,5)6/h7-14,25H,1-6H3,(H,23,26)(H,24,27). The van der Waals surface area contributed by atoms with Crippen molar-refractivity contribution < 1.29 is 18.0 Å². The van der Waals surface area contributed by atoms with Gasteiger partial charge in [-0.1, -0.05) is 12.1 Å². The fraction of sp³-hybridized carbons (Fsp3) is 0.364. The van der Waals surface area contributed by atoms with Crippen molar-refractivity contribution in [1.29, 1.82) is 0 Å². The maximum absolute atomic E-state index is 12.7. The van der Waals surface area contributed by atoms with Gasteiger partial charge in [-0.2, -0.15) is 0 Å². The van der Waals surface area contributed by atoms with Crippen molar-refractivity contribution in [2.24, 2.45) is 0 Å². The minimum Gasteiger partial charge on any atom is -0.347 e. The summed E-state index contributed by atoms with van der Waals surface area (Å²) in [5.74, 6) is -0.744. The molecule has 2 amide bonds. The first-order valence-electron chi connectivity index (χ1n) is 9.55. The second-order valence-electron chi connectivity index (χ2n) is 9.08. The first-order chi connectivity index (χ1) is 13.7. The zero-order valence-corrected chi connectivity index (χ0v) is 19.0. The number of amides is 2. The summed E-state index contributed by atoms with van der Waals surface area (Å²) < 4.78 is 27.4. The maximum Gasteiger partial charge on any atom is 0.255 e. The van der Waals surface area contributed by atoms with Crippen molar-refractivity contribution in [2.75, 3.05) is 5.32 Å². The number of nitrogens with one attached hydrogen (secondary N) is 3. The Balaban J connectivity index is 2.21. The van der Waals surface area contributed by atoms with Crippen LogP contribution < -0.4 is 15.4 Å². The van der Waals surface area contributed by atoms with Gasteiger partial charge in [0.05, 0.1) is 16.1 Å². The molecule has 0 heterocycles. The van der Waals surface area contributed by atoms with Crippen molar-refractivity contribution in [3.05, 3.63) is 59.7 Å². The van der Waals surface area contributed by atoms with Crippen LogP contribution in [0.15, 0.2) is 53.4 Å². The average Bonchev–Trinajstić information content (AvgIpc) is 2.58. The maximum atomic E-state index is 12.7. The van der Waals surface area contributed by atoms with Crippen molar-refractivity contribution in [1.82, 2.24) is 10.0 Å². The molecule has 0 aliphatic heterocycles. The van der Waals surface area contributed by atoms with Crippen molar-refractivity contribution in [3.8, 4) is 0 Å². The Labute approximate surface area is 178 Å². The molecule has 0 fully saturated rings. The number of carbonyl (C=O) groups is 2. The number of hydrogen-bond acceptors (Lipinski definition) is 4. The first-order valence-corrected chi connectivity index (χ1v) is 11.0. The summed E-state index contributed by atoms with van der Waals surface area (Å²) in [5, 5.41) is 5.59. The van der Waals surface area contributed by atoms with E-state index in [1.807, 2.05) is 20.8 Å². The molecule has 3 N–H and O–H groups in total. The molecule has 2 aromatic carbocycles. The molecule has 0 unspecified atom stereocenters. The van der Waals surface area contributed by atoms with E-state index in [4.69, 9.17) is 0 Å². The lowest BCUT2D eigenvalue weighted by atomic mass is 10.1. The number of benzene rings is 2. The van der Waals surface area contributed by atoms with Crippen LogP contribution in [0.4, 0.5) is 5.69 Å². The molecular weight excluding hydrogens is 402 g/mol. The third kappa shape index (κ3) is 6.67. The van der Waals surface area contributed by atoms with Crippen molar-refractivity contribution >= 4 is 27.5 Å². The van der Waals surface area contributed by atoms with Crippen LogP contribution in [0.5, 0.6) is 0 Å². The van der Waals surface area contributed by atoms with E-state index in [-0.39, 0.29) is 16.4 Å². The van der Waals surface area contributed by atoms with E-state index >= 15 is 0 Å². The topological polar surface area (TPSA) is 104 Å². The van der Waals surface area contributed by atoms with E-state index in [0.717, 1.165) is 0 Å². The molecule has 0 aliphatic carbocycles. The number of hydrogen-bond donors (Lipinski definition) is 3. The van der Waals surface area contributed by atoms with Gasteiger partial charge in [0.15, 0.2) is 0 Å². The number of rotatable bonds is 5. The SMILES string of the molecule is CC(C)(C)NC(=O)c1ccccc1NC(=O)c1ccc(S(=O)(=O)NC(C)(C)C)cc1. The van der Waals surface area contributed by atoms with Gasteiger partial charge in [-0.15, -0.1) is 0 Å². The highest BCUT2D eigenvalue weighted by Gasteiger charge is 2.23. The van der Waals surface area contributed by atoms with Gasteiger partial charge in [-0.3, -0.25) is 9.59 Å². The van der Waals surface area contributed by atoms with E-state index in [0.29, 0.717) is 11.3 Å². The smallest absolute Gasteiger partial charge is 0.255 e. The van der Waals surface area contributed by atoms with E-state index in [1.54, 1.807) is 45.0 Å². The molecular formula is C22H29N3O4S. The second-order valence-corrected chi connectivity index (χ2v) is 10.8. The van der Waals surface area contributed by atoms with Crippen LogP contribution in [-0.2, 0) is 10.0 Å². The van der Waals surface area contributed by atoms with Crippen molar-refractivity contribution in [3.63, 3.8) is 0 Å². The first kappa shape index (κ1) is 23.6. The Morgan fingerprint density at radius 3 is 1.87 bits per heavy atom. The highest BCUT2D eigenvalue weighted by molar-refractivity contribution is 7.89. The third-order valence-corrected chi connectivity index (χ3v) is 5.55. The lowest BCUT2D eigenvalue weighted by molar-refractivity contribution is 0.0920. The van der Waals surface area contributed by atoms with Gasteiger partial charge in [0.1, 0.15) is 0 Å². The molecule has 0 bridgehead atoms. The van der Waals surface area contributed by atoms with Crippen LogP contribution in [-0.4, -0.2) is 31.3 Å². The van der Waals surface area contributed by atoms with E-state index in [9.17, 15) is 18.0 Å². The predicted molar refractivity (Wildman–Crippen MR) is 118 cm³/mol. The highest BCUT2D eigenvalue weighted by atomic mass is 32.2. The molecule has 0 atom stereocenters. The Morgan fingerprint density at radius 2 is 1.33 bits per heavy atom. The molecule has 162 valence electrons. The average molecular weight is 432 g/mol. The quantitative estimate of drug-likeness (QED) is 0.673. The minimum atomic E-state index is -3.69. The summed E-state index contributed by atoms with van der Waals surface area (Å²) in [7, 11) is -3.69. The number of para-hydroxylation sites is 1. The van der Waals surface area contributed by atoms with Crippen LogP contribution in [0.2, 0.25) is 0 Å². The van der Waals surface area contributed by atoms with Crippen LogP contribution in [0.1, 0.15) is 62.3 Å². The number of carbonyl (C=O) groups excluding carboxylic acids is 2. The molecule has 0 radical (unpaired) electrons. The third-order valence-electron chi connectivity index (χ3n) is 3.78. The van der Waals surface area contributed by atoms with E-state index in [1.165, 1.54) is 24.3 Å². The van der Waals surface area contributed by atoms with Gasteiger partial charge in [0, 0.05) is 16.6 Å². The largest absolute Gasteiger partial charge is 0.347 e. The molecule has 0 spiro atoms. The Hall–Kier alpha value is -2.71. The monoisotopic (exact) mass is 431 g/mol. The molecule has 8 heteroatoms. The van der Waals surface area contributed by atoms with Gasteiger partial charge >= 0.3 is 0 Å². The van der Waals surface area contributed by atoms with Gasteiger partial charge < -0.3 is 10.6 Å². The van der Waals surface area contributed by atoms with Gasteiger partial charge in [-0.25, -0.2) is 13.1 Å². The second kappa shape index (κ2) is 8.57. The molecule has 30 heavy (non-hydrogen) atoms. The summed E-state index contributed by atoms with van der Waals surface area (Å²) in [5.41, 5.74) is -0.0523. The number of anilines is 1. The summed E-state index contributed by atoms with van der Waals surface area (Å²) in [6.45, 7) is 10.9. The summed E-state index contributed by atoms with van der Waals surface area (Å²) in [4.78, 5) is 25.3. The van der Waals surface area contributed by atoms with Crippen LogP contribution in [0, 0.1) is 0 Å². The van der Waals surface area contributed by atoms with Crippen LogP contribution >= 0.6 is 0 Å². The van der Waals surface area contributed by atoms with Gasteiger partial charge in [0.2, 0.25) is 10.0 Å². The van der Waals surface area contributed by atoms with Crippen LogP contribution in [0.25, 0.3) is 0 Å². The molecule has 7 nitrogen and oxygen atoms in total. The fourth-order valence-corrected chi connectivity index (χ4v) is 4.06. The lowest BCUT2D eigenvalue weighted by Crippen LogP contribution is -2.40. The molecule has 0 saturated carbocycles. The lowest BCUT2D eigenvalue weighted by Gasteiger charge is -2.21.